The van der Waals surface area contributed by atoms with Crippen molar-refractivity contribution in [3.8, 4) is 0 Å². The molecule has 2 rings (SSSR count). The van der Waals surface area contributed by atoms with E-state index in [2.05, 4.69) is 16.7 Å². The van der Waals surface area contributed by atoms with Gasteiger partial charge in [-0.3, -0.25) is 15.0 Å². The zero-order valence-electron chi connectivity index (χ0n) is 11.8. The molecule has 4 N–H and O–H groups in total. The maximum atomic E-state index is 12.0. The Bertz CT molecular complexity index is 530. The van der Waals surface area contributed by atoms with Gasteiger partial charge in [0.1, 0.15) is 0 Å². The lowest BCUT2D eigenvalue weighted by Crippen LogP contribution is -2.50. The fourth-order valence-corrected chi connectivity index (χ4v) is 2.40. The molecule has 0 bridgehead atoms. The molecule has 1 unspecified atom stereocenters. The molecule has 3 amide bonds. The summed E-state index contributed by atoms with van der Waals surface area (Å²) in [7, 11) is 1.48. The SMILES string of the molecule is CNC(=O)NC(=O)C(C)N1CCc2cccc(N)c2C1. The highest BCUT2D eigenvalue weighted by atomic mass is 16.2. The van der Waals surface area contributed by atoms with E-state index < -0.39 is 6.03 Å². The van der Waals surface area contributed by atoms with Gasteiger partial charge in [0.2, 0.25) is 5.91 Å². The zero-order valence-corrected chi connectivity index (χ0v) is 11.8. The summed E-state index contributed by atoms with van der Waals surface area (Å²) in [5.74, 6) is -0.303. The highest BCUT2D eigenvalue weighted by Crippen LogP contribution is 2.25. The monoisotopic (exact) mass is 276 g/mol. The van der Waals surface area contributed by atoms with Crippen molar-refractivity contribution < 1.29 is 9.59 Å². The van der Waals surface area contributed by atoms with E-state index in [1.165, 1.54) is 12.6 Å². The van der Waals surface area contributed by atoms with Gasteiger partial charge in [-0.2, -0.15) is 0 Å². The van der Waals surface area contributed by atoms with Gasteiger partial charge in [0.05, 0.1) is 6.04 Å². The largest absolute Gasteiger partial charge is 0.398 e. The molecule has 0 fully saturated rings. The lowest BCUT2D eigenvalue weighted by Gasteiger charge is -2.33. The van der Waals surface area contributed by atoms with Gasteiger partial charge in [0.15, 0.2) is 0 Å². The minimum absolute atomic E-state index is 0.303. The average Bonchev–Trinajstić information content (AvgIpc) is 2.46. The van der Waals surface area contributed by atoms with Crippen LogP contribution in [0, 0.1) is 0 Å². The van der Waals surface area contributed by atoms with Gasteiger partial charge in [-0.05, 0) is 30.5 Å². The molecule has 1 aliphatic rings. The number of carbonyl (C=O) groups is 2. The minimum Gasteiger partial charge on any atom is -0.398 e. The summed E-state index contributed by atoms with van der Waals surface area (Å²) in [6.45, 7) is 3.20. The van der Waals surface area contributed by atoms with E-state index in [1.54, 1.807) is 6.92 Å². The Labute approximate surface area is 118 Å². The molecule has 1 heterocycles. The summed E-state index contributed by atoms with van der Waals surface area (Å²) in [6.07, 6.45) is 0.859. The van der Waals surface area contributed by atoms with Crippen molar-refractivity contribution >= 4 is 17.6 Å². The Morgan fingerprint density at radius 1 is 1.40 bits per heavy atom. The predicted molar refractivity (Wildman–Crippen MR) is 77.0 cm³/mol. The topological polar surface area (TPSA) is 87.5 Å². The van der Waals surface area contributed by atoms with E-state index in [4.69, 9.17) is 5.73 Å². The highest BCUT2D eigenvalue weighted by Gasteiger charge is 2.26. The summed E-state index contributed by atoms with van der Waals surface area (Å²) >= 11 is 0. The van der Waals surface area contributed by atoms with Crippen molar-refractivity contribution in [1.82, 2.24) is 15.5 Å². The summed E-state index contributed by atoms with van der Waals surface area (Å²) in [6, 6.07) is 5.03. The second-order valence-electron chi connectivity index (χ2n) is 4.95. The number of benzene rings is 1. The van der Waals surface area contributed by atoms with Crippen molar-refractivity contribution in [2.24, 2.45) is 0 Å². The summed E-state index contributed by atoms with van der Waals surface area (Å²) in [5, 5.41) is 4.67. The first kappa shape index (κ1) is 14.3. The number of anilines is 1. The third-order valence-corrected chi connectivity index (χ3v) is 3.73. The van der Waals surface area contributed by atoms with Crippen LogP contribution in [-0.2, 0) is 17.8 Å². The normalized spacial score (nSPS) is 16.1. The number of carbonyl (C=O) groups excluding carboxylic acids is 2. The van der Waals surface area contributed by atoms with Gasteiger partial charge in [0.25, 0.3) is 0 Å². The van der Waals surface area contributed by atoms with Gasteiger partial charge >= 0.3 is 6.03 Å². The van der Waals surface area contributed by atoms with Crippen LogP contribution in [0.2, 0.25) is 0 Å². The molecule has 1 aliphatic heterocycles. The van der Waals surface area contributed by atoms with Crippen molar-refractivity contribution in [3.63, 3.8) is 0 Å². The number of nitrogens with zero attached hydrogens (tertiary/aromatic N) is 1. The fraction of sp³-hybridized carbons (Fsp3) is 0.429. The molecular weight excluding hydrogens is 256 g/mol. The van der Waals surface area contributed by atoms with Crippen LogP contribution in [0.4, 0.5) is 10.5 Å². The number of hydrogen-bond donors (Lipinski definition) is 3. The molecule has 6 nitrogen and oxygen atoms in total. The maximum Gasteiger partial charge on any atom is 0.321 e. The van der Waals surface area contributed by atoms with Crippen LogP contribution in [0.5, 0.6) is 0 Å². The number of amides is 3. The first-order valence-corrected chi connectivity index (χ1v) is 6.65. The fourth-order valence-electron chi connectivity index (χ4n) is 2.40. The molecule has 108 valence electrons. The van der Waals surface area contributed by atoms with Crippen LogP contribution in [0.15, 0.2) is 18.2 Å². The Kier molecular flexibility index (Phi) is 4.24. The summed E-state index contributed by atoms with van der Waals surface area (Å²) in [4.78, 5) is 25.2. The molecule has 0 aromatic heterocycles. The van der Waals surface area contributed by atoms with Crippen LogP contribution >= 0.6 is 0 Å². The average molecular weight is 276 g/mol. The first-order valence-electron chi connectivity index (χ1n) is 6.65. The Hall–Kier alpha value is -2.08. The molecule has 0 saturated heterocycles. The van der Waals surface area contributed by atoms with Gasteiger partial charge in [-0.1, -0.05) is 12.1 Å². The molecular formula is C14H20N4O2. The lowest BCUT2D eigenvalue weighted by molar-refractivity contribution is -0.125. The number of nitrogen functional groups attached to an aromatic ring is 1. The quantitative estimate of drug-likeness (QED) is 0.685. The van der Waals surface area contributed by atoms with Crippen LogP contribution in [0.25, 0.3) is 0 Å². The zero-order chi connectivity index (χ0) is 14.7. The van der Waals surface area contributed by atoms with Crippen LogP contribution in [0.1, 0.15) is 18.1 Å². The van der Waals surface area contributed by atoms with E-state index in [0.717, 1.165) is 24.2 Å². The number of rotatable bonds is 2. The Balaban J connectivity index is 2.07. The van der Waals surface area contributed by atoms with E-state index >= 15 is 0 Å². The van der Waals surface area contributed by atoms with Gasteiger partial charge in [-0.15, -0.1) is 0 Å². The number of fused-ring (bicyclic) bond motifs is 1. The lowest BCUT2D eigenvalue weighted by atomic mass is 9.97. The molecule has 0 spiro atoms. The highest BCUT2D eigenvalue weighted by molar-refractivity contribution is 5.96. The molecule has 0 aliphatic carbocycles. The van der Waals surface area contributed by atoms with Gasteiger partial charge < -0.3 is 11.1 Å². The Morgan fingerprint density at radius 3 is 2.85 bits per heavy atom. The van der Waals surface area contributed by atoms with E-state index in [9.17, 15) is 9.59 Å². The third-order valence-electron chi connectivity index (χ3n) is 3.73. The third kappa shape index (κ3) is 2.91. The van der Waals surface area contributed by atoms with E-state index in [1.807, 2.05) is 17.0 Å². The minimum atomic E-state index is -0.487. The smallest absolute Gasteiger partial charge is 0.321 e. The van der Waals surface area contributed by atoms with Gasteiger partial charge in [0, 0.05) is 25.8 Å². The van der Waals surface area contributed by atoms with E-state index in [-0.39, 0.29) is 11.9 Å². The molecule has 0 saturated carbocycles. The first-order chi connectivity index (χ1) is 9.52. The summed E-state index contributed by atoms with van der Waals surface area (Å²) < 4.78 is 0. The second kappa shape index (κ2) is 5.92. The second-order valence-corrected chi connectivity index (χ2v) is 4.95. The number of urea groups is 1. The number of imide groups is 1. The maximum absolute atomic E-state index is 12.0. The van der Waals surface area contributed by atoms with Gasteiger partial charge in [-0.25, -0.2) is 4.79 Å². The van der Waals surface area contributed by atoms with Crippen molar-refractivity contribution in [2.75, 3.05) is 19.3 Å². The number of nitrogens with two attached hydrogens (primary N) is 1. The van der Waals surface area contributed by atoms with Crippen LogP contribution in [0.3, 0.4) is 0 Å². The summed E-state index contributed by atoms with van der Waals surface area (Å²) in [5.41, 5.74) is 9.06. The molecule has 1 aromatic carbocycles. The molecule has 0 radical (unpaired) electrons. The predicted octanol–water partition coefficient (Wildman–Crippen LogP) is 0.471. The Morgan fingerprint density at radius 2 is 2.15 bits per heavy atom. The van der Waals surface area contributed by atoms with Crippen molar-refractivity contribution in [1.29, 1.82) is 0 Å². The van der Waals surface area contributed by atoms with Crippen LogP contribution in [-0.4, -0.2) is 36.5 Å². The molecule has 1 atom stereocenters. The number of nitrogens with one attached hydrogen (secondary N) is 2. The van der Waals surface area contributed by atoms with Crippen molar-refractivity contribution in [2.45, 2.75) is 25.9 Å². The van der Waals surface area contributed by atoms with Crippen molar-refractivity contribution in [3.05, 3.63) is 29.3 Å². The number of hydrogen-bond acceptors (Lipinski definition) is 4. The standard InChI is InChI=1S/C14H20N4O2/c1-9(13(19)17-14(20)16-2)18-7-6-10-4-3-5-12(15)11(10)8-18/h3-5,9H,6-8,15H2,1-2H3,(H2,16,17,19,20). The molecule has 1 aromatic rings. The molecule has 20 heavy (non-hydrogen) atoms. The van der Waals surface area contributed by atoms with Crippen LogP contribution < -0.4 is 16.4 Å². The molecule has 6 heteroatoms. The van der Waals surface area contributed by atoms with E-state index in [0.29, 0.717) is 6.54 Å².